The molecule has 1 aliphatic rings. The van der Waals surface area contributed by atoms with Crippen molar-refractivity contribution in [1.29, 1.82) is 0 Å². The van der Waals surface area contributed by atoms with E-state index in [9.17, 15) is 4.39 Å². The molecule has 98 valence electrons. The van der Waals surface area contributed by atoms with E-state index in [0.717, 1.165) is 36.5 Å². The molecule has 1 aromatic heterocycles. The summed E-state index contributed by atoms with van der Waals surface area (Å²) in [6.45, 7) is 2.77. The lowest BCUT2D eigenvalue weighted by Crippen LogP contribution is -2.16. The third kappa shape index (κ3) is 2.28. The molecule has 5 heteroatoms. The Kier molecular flexibility index (Phi) is 3.11. The summed E-state index contributed by atoms with van der Waals surface area (Å²) in [5.74, 6) is 1.20. The van der Waals surface area contributed by atoms with Gasteiger partial charge in [-0.15, -0.1) is 0 Å². The molecule has 0 N–H and O–H groups in total. The van der Waals surface area contributed by atoms with Crippen molar-refractivity contribution in [2.24, 2.45) is 0 Å². The second kappa shape index (κ2) is 4.78. The van der Waals surface area contributed by atoms with Crippen LogP contribution in [0.25, 0.3) is 0 Å². The molecule has 1 aromatic carbocycles. The first kappa shape index (κ1) is 12.4. The third-order valence-corrected chi connectivity index (χ3v) is 3.46. The maximum Gasteiger partial charge on any atom is 0.138 e. The molecular weight excluding hydrogens is 265 g/mol. The lowest BCUT2D eigenvalue weighted by Gasteiger charge is -2.19. The summed E-state index contributed by atoms with van der Waals surface area (Å²) in [6, 6.07) is 6.59. The van der Waals surface area contributed by atoms with Gasteiger partial charge in [0.2, 0.25) is 0 Å². The Labute approximate surface area is 116 Å². The zero-order chi connectivity index (χ0) is 13.4. The molecule has 0 saturated heterocycles. The number of halogens is 2. The van der Waals surface area contributed by atoms with Crippen molar-refractivity contribution in [3.05, 3.63) is 46.6 Å². The smallest absolute Gasteiger partial charge is 0.138 e. The minimum absolute atomic E-state index is 0.235. The summed E-state index contributed by atoms with van der Waals surface area (Å²) < 4.78 is 13.4. The molecule has 0 bridgehead atoms. The van der Waals surface area contributed by atoms with Gasteiger partial charge >= 0.3 is 0 Å². The maximum atomic E-state index is 13.4. The summed E-state index contributed by atoms with van der Waals surface area (Å²) in [5.41, 5.74) is 2.01. The number of aryl methyl sites for hydroxylation is 1. The molecule has 1 aliphatic heterocycles. The van der Waals surface area contributed by atoms with Crippen LogP contribution in [0.15, 0.2) is 24.3 Å². The standard InChI is InChI=1S/C14H13ClFN3/c1-2-13-17-12(15)8-14(18-13)19-6-5-9-3-4-10(16)7-11(9)19/h3-4,7-8H,2,5-6H2,1H3. The van der Waals surface area contributed by atoms with Crippen LogP contribution in [-0.2, 0) is 12.8 Å². The number of hydrogen-bond acceptors (Lipinski definition) is 3. The summed E-state index contributed by atoms with van der Waals surface area (Å²) in [5, 5.41) is 0.423. The number of hydrogen-bond donors (Lipinski definition) is 0. The molecule has 0 fully saturated rings. The van der Waals surface area contributed by atoms with Crippen LogP contribution in [0.4, 0.5) is 15.9 Å². The van der Waals surface area contributed by atoms with E-state index in [0.29, 0.717) is 11.0 Å². The minimum Gasteiger partial charge on any atom is -0.326 e. The second-order valence-electron chi connectivity index (χ2n) is 4.49. The lowest BCUT2D eigenvalue weighted by molar-refractivity contribution is 0.628. The van der Waals surface area contributed by atoms with Gasteiger partial charge in [0.25, 0.3) is 0 Å². The van der Waals surface area contributed by atoms with Crippen LogP contribution >= 0.6 is 11.6 Å². The van der Waals surface area contributed by atoms with Crippen molar-refractivity contribution < 1.29 is 4.39 Å². The molecule has 0 spiro atoms. The Morgan fingerprint density at radius 2 is 2.16 bits per heavy atom. The Morgan fingerprint density at radius 3 is 2.95 bits per heavy atom. The van der Waals surface area contributed by atoms with Crippen LogP contribution in [0.2, 0.25) is 5.15 Å². The summed E-state index contributed by atoms with van der Waals surface area (Å²) >= 11 is 6.01. The van der Waals surface area contributed by atoms with Crippen molar-refractivity contribution in [2.75, 3.05) is 11.4 Å². The lowest BCUT2D eigenvalue weighted by atomic mass is 10.2. The molecule has 0 saturated carbocycles. The number of rotatable bonds is 2. The first-order chi connectivity index (χ1) is 9.17. The first-order valence-electron chi connectivity index (χ1n) is 6.27. The highest BCUT2D eigenvalue weighted by atomic mass is 35.5. The van der Waals surface area contributed by atoms with E-state index in [1.54, 1.807) is 12.1 Å². The molecule has 19 heavy (non-hydrogen) atoms. The third-order valence-electron chi connectivity index (χ3n) is 3.26. The van der Waals surface area contributed by atoms with Crippen molar-refractivity contribution >= 4 is 23.1 Å². The van der Waals surface area contributed by atoms with Crippen LogP contribution in [0.5, 0.6) is 0 Å². The average molecular weight is 278 g/mol. The number of nitrogens with zero attached hydrogens (tertiary/aromatic N) is 3. The van der Waals surface area contributed by atoms with E-state index in [2.05, 4.69) is 9.97 Å². The SMILES string of the molecule is CCc1nc(Cl)cc(N2CCc3ccc(F)cc32)n1. The molecule has 0 unspecified atom stereocenters. The zero-order valence-electron chi connectivity index (χ0n) is 10.5. The highest BCUT2D eigenvalue weighted by molar-refractivity contribution is 6.29. The predicted molar refractivity (Wildman–Crippen MR) is 73.5 cm³/mol. The van der Waals surface area contributed by atoms with E-state index < -0.39 is 0 Å². The Bertz CT molecular complexity index is 630. The number of fused-ring (bicyclic) bond motifs is 1. The Balaban J connectivity index is 2.06. The zero-order valence-corrected chi connectivity index (χ0v) is 11.3. The fourth-order valence-corrected chi connectivity index (χ4v) is 2.53. The van der Waals surface area contributed by atoms with Gasteiger partial charge in [0.15, 0.2) is 0 Å². The van der Waals surface area contributed by atoms with Gasteiger partial charge in [-0.05, 0) is 24.1 Å². The van der Waals surface area contributed by atoms with Crippen molar-refractivity contribution in [1.82, 2.24) is 9.97 Å². The normalized spacial score (nSPS) is 13.7. The van der Waals surface area contributed by atoms with Crippen LogP contribution in [0, 0.1) is 5.82 Å². The highest BCUT2D eigenvalue weighted by Crippen LogP contribution is 2.34. The van der Waals surface area contributed by atoms with Crippen LogP contribution < -0.4 is 4.90 Å². The first-order valence-corrected chi connectivity index (χ1v) is 6.64. The largest absolute Gasteiger partial charge is 0.326 e. The van der Waals surface area contributed by atoms with Crippen molar-refractivity contribution in [2.45, 2.75) is 19.8 Å². The molecule has 3 nitrogen and oxygen atoms in total. The number of anilines is 2. The fourth-order valence-electron chi connectivity index (χ4n) is 2.34. The molecule has 2 heterocycles. The van der Waals surface area contributed by atoms with Gasteiger partial charge in [0.1, 0.15) is 22.6 Å². The van der Waals surface area contributed by atoms with Gasteiger partial charge in [0.05, 0.1) is 0 Å². The molecule has 0 aliphatic carbocycles. The highest BCUT2D eigenvalue weighted by Gasteiger charge is 2.22. The van der Waals surface area contributed by atoms with E-state index in [1.807, 2.05) is 17.9 Å². The van der Waals surface area contributed by atoms with E-state index in [-0.39, 0.29) is 5.82 Å². The summed E-state index contributed by atoms with van der Waals surface area (Å²) in [6.07, 6.45) is 1.61. The second-order valence-corrected chi connectivity index (χ2v) is 4.88. The molecule has 3 rings (SSSR count). The molecule has 2 aromatic rings. The maximum absolute atomic E-state index is 13.4. The topological polar surface area (TPSA) is 29.0 Å². The molecule has 0 radical (unpaired) electrons. The van der Waals surface area contributed by atoms with Gasteiger partial charge < -0.3 is 4.90 Å². The van der Waals surface area contributed by atoms with Crippen LogP contribution in [-0.4, -0.2) is 16.5 Å². The summed E-state index contributed by atoms with van der Waals surface area (Å²) in [4.78, 5) is 10.6. The van der Waals surface area contributed by atoms with E-state index in [4.69, 9.17) is 11.6 Å². The van der Waals surface area contributed by atoms with Crippen LogP contribution in [0.3, 0.4) is 0 Å². The fraction of sp³-hybridized carbons (Fsp3) is 0.286. The van der Waals surface area contributed by atoms with Crippen molar-refractivity contribution in [3.8, 4) is 0 Å². The van der Waals surface area contributed by atoms with Crippen LogP contribution in [0.1, 0.15) is 18.3 Å². The molecule has 0 atom stereocenters. The minimum atomic E-state index is -0.235. The van der Waals surface area contributed by atoms with Crippen molar-refractivity contribution in [3.63, 3.8) is 0 Å². The molecule has 0 amide bonds. The monoisotopic (exact) mass is 277 g/mol. The van der Waals surface area contributed by atoms with Gasteiger partial charge in [-0.25, -0.2) is 14.4 Å². The average Bonchev–Trinajstić information content (AvgIpc) is 2.80. The van der Waals surface area contributed by atoms with E-state index >= 15 is 0 Å². The number of aromatic nitrogens is 2. The quantitative estimate of drug-likeness (QED) is 0.787. The van der Waals surface area contributed by atoms with E-state index in [1.165, 1.54) is 6.07 Å². The Morgan fingerprint density at radius 1 is 1.32 bits per heavy atom. The van der Waals surface area contributed by atoms with Gasteiger partial charge in [-0.2, -0.15) is 0 Å². The number of benzene rings is 1. The summed E-state index contributed by atoms with van der Waals surface area (Å²) in [7, 11) is 0. The predicted octanol–water partition coefficient (Wildman–Crippen LogP) is 3.53. The van der Waals surface area contributed by atoms with Gasteiger partial charge in [-0.3, -0.25) is 0 Å². The van der Waals surface area contributed by atoms with Gasteiger partial charge in [0, 0.05) is 24.7 Å². The molecular formula is C14H13ClFN3. The Hall–Kier alpha value is -1.68. The van der Waals surface area contributed by atoms with Gasteiger partial charge in [-0.1, -0.05) is 24.6 Å².